The summed E-state index contributed by atoms with van der Waals surface area (Å²) >= 11 is 0. The van der Waals surface area contributed by atoms with E-state index < -0.39 is 0 Å². The standard InChI is InChI=1S/C14H13NO2/c1-17-8-9-2-4-11-12-5-3-10(16)7-14(12)15-13(11)6-9/h2-7,15-16H,8H2,1H3. The maximum absolute atomic E-state index is 9.45. The average Bonchev–Trinajstić information content (AvgIpc) is 2.65. The monoisotopic (exact) mass is 227 g/mol. The van der Waals surface area contributed by atoms with Crippen LogP contribution in [0.25, 0.3) is 21.8 Å². The predicted molar refractivity (Wildman–Crippen MR) is 68.2 cm³/mol. The van der Waals surface area contributed by atoms with Crippen molar-refractivity contribution < 1.29 is 9.84 Å². The number of phenolic OH excluding ortho intramolecular Hbond substituents is 1. The smallest absolute Gasteiger partial charge is 0.117 e. The van der Waals surface area contributed by atoms with E-state index in [9.17, 15) is 5.11 Å². The van der Waals surface area contributed by atoms with E-state index in [1.165, 1.54) is 5.39 Å². The highest BCUT2D eigenvalue weighted by Crippen LogP contribution is 2.28. The van der Waals surface area contributed by atoms with Crippen molar-refractivity contribution in [3.63, 3.8) is 0 Å². The largest absolute Gasteiger partial charge is 0.508 e. The molecule has 2 N–H and O–H groups in total. The van der Waals surface area contributed by atoms with Gasteiger partial charge in [-0.3, -0.25) is 0 Å². The molecule has 0 aliphatic rings. The summed E-state index contributed by atoms with van der Waals surface area (Å²) in [6.45, 7) is 0.608. The Morgan fingerprint density at radius 2 is 1.76 bits per heavy atom. The summed E-state index contributed by atoms with van der Waals surface area (Å²) in [5.74, 6) is 0.279. The maximum atomic E-state index is 9.45. The van der Waals surface area contributed by atoms with Crippen molar-refractivity contribution in [3.8, 4) is 5.75 Å². The number of ether oxygens (including phenoxy) is 1. The molecule has 2 aromatic carbocycles. The fourth-order valence-corrected chi connectivity index (χ4v) is 2.20. The number of aromatic hydroxyl groups is 1. The van der Waals surface area contributed by atoms with Crippen molar-refractivity contribution in [1.82, 2.24) is 4.98 Å². The Bertz CT molecular complexity index is 685. The molecule has 1 heterocycles. The SMILES string of the molecule is COCc1ccc2c(c1)[nH]c1cc(O)ccc12. The second-order valence-corrected chi connectivity index (χ2v) is 4.17. The van der Waals surface area contributed by atoms with Crippen LogP contribution in [0, 0.1) is 0 Å². The number of phenols is 1. The number of hydrogen-bond donors (Lipinski definition) is 2. The third kappa shape index (κ3) is 1.65. The molecule has 0 saturated heterocycles. The molecule has 3 aromatic rings. The molecule has 3 rings (SSSR count). The van der Waals surface area contributed by atoms with Crippen molar-refractivity contribution >= 4 is 21.8 Å². The zero-order chi connectivity index (χ0) is 11.8. The van der Waals surface area contributed by atoms with Gasteiger partial charge in [-0.1, -0.05) is 12.1 Å². The molecule has 0 radical (unpaired) electrons. The first kappa shape index (κ1) is 10.2. The van der Waals surface area contributed by atoms with Crippen LogP contribution < -0.4 is 0 Å². The van der Waals surface area contributed by atoms with Gasteiger partial charge in [0.15, 0.2) is 0 Å². The topological polar surface area (TPSA) is 45.2 Å². The fourth-order valence-electron chi connectivity index (χ4n) is 2.20. The van der Waals surface area contributed by atoms with Crippen LogP contribution in [0.2, 0.25) is 0 Å². The van der Waals surface area contributed by atoms with Crippen molar-refractivity contribution in [2.45, 2.75) is 6.61 Å². The van der Waals surface area contributed by atoms with Crippen LogP contribution in [0.3, 0.4) is 0 Å². The molecule has 3 heteroatoms. The lowest BCUT2D eigenvalue weighted by Crippen LogP contribution is -1.86. The summed E-state index contributed by atoms with van der Waals surface area (Å²) in [5.41, 5.74) is 3.16. The van der Waals surface area contributed by atoms with Crippen LogP contribution in [0.1, 0.15) is 5.56 Å². The van der Waals surface area contributed by atoms with Crippen LogP contribution in [-0.4, -0.2) is 17.2 Å². The molecule has 0 bridgehead atoms. The first-order chi connectivity index (χ1) is 8.28. The molecular weight excluding hydrogens is 214 g/mol. The number of aromatic amines is 1. The number of aromatic nitrogens is 1. The second kappa shape index (κ2) is 3.79. The lowest BCUT2D eigenvalue weighted by molar-refractivity contribution is 0.185. The Morgan fingerprint density at radius 1 is 1.06 bits per heavy atom. The van der Waals surface area contributed by atoms with E-state index >= 15 is 0 Å². The molecule has 0 atom stereocenters. The van der Waals surface area contributed by atoms with Gasteiger partial charge in [0.25, 0.3) is 0 Å². The number of rotatable bonds is 2. The minimum Gasteiger partial charge on any atom is -0.508 e. The number of hydrogen-bond acceptors (Lipinski definition) is 2. The molecule has 0 fully saturated rings. The summed E-state index contributed by atoms with van der Waals surface area (Å²) < 4.78 is 5.12. The van der Waals surface area contributed by atoms with Crippen molar-refractivity contribution in [2.24, 2.45) is 0 Å². The Kier molecular flexibility index (Phi) is 2.27. The third-order valence-corrected chi connectivity index (χ3v) is 2.96. The zero-order valence-electron chi connectivity index (χ0n) is 9.53. The Hall–Kier alpha value is -2.00. The quantitative estimate of drug-likeness (QED) is 0.706. The van der Waals surface area contributed by atoms with Crippen LogP contribution >= 0.6 is 0 Å². The molecule has 86 valence electrons. The van der Waals surface area contributed by atoms with Crippen LogP contribution in [0.4, 0.5) is 0 Å². The van der Waals surface area contributed by atoms with Gasteiger partial charge >= 0.3 is 0 Å². The first-order valence-electron chi connectivity index (χ1n) is 5.50. The van der Waals surface area contributed by atoms with Gasteiger partial charge in [-0.15, -0.1) is 0 Å². The lowest BCUT2D eigenvalue weighted by Gasteiger charge is -1.99. The highest BCUT2D eigenvalue weighted by Gasteiger charge is 2.05. The number of H-pyrrole nitrogens is 1. The lowest BCUT2D eigenvalue weighted by atomic mass is 10.1. The summed E-state index contributed by atoms with van der Waals surface area (Å²) in [6.07, 6.45) is 0. The number of nitrogens with one attached hydrogen (secondary N) is 1. The van der Waals surface area contributed by atoms with Gasteiger partial charge in [0.05, 0.1) is 12.1 Å². The van der Waals surface area contributed by atoms with Gasteiger partial charge in [-0.05, 0) is 23.8 Å². The van der Waals surface area contributed by atoms with Crippen molar-refractivity contribution in [1.29, 1.82) is 0 Å². The Morgan fingerprint density at radius 3 is 2.53 bits per heavy atom. The molecule has 17 heavy (non-hydrogen) atoms. The van der Waals surface area contributed by atoms with E-state index in [1.54, 1.807) is 19.2 Å². The maximum Gasteiger partial charge on any atom is 0.117 e. The molecular formula is C14H13NO2. The summed E-state index contributed by atoms with van der Waals surface area (Å²) in [6, 6.07) is 11.6. The Balaban J connectivity index is 2.27. The Labute approximate surface area is 98.6 Å². The average molecular weight is 227 g/mol. The van der Waals surface area contributed by atoms with E-state index in [-0.39, 0.29) is 5.75 Å². The summed E-state index contributed by atoms with van der Waals surface area (Å²) in [5, 5.41) is 11.7. The first-order valence-corrected chi connectivity index (χ1v) is 5.50. The second-order valence-electron chi connectivity index (χ2n) is 4.17. The normalized spacial score (nSPS) is 11.4. The van der Waals surface area contributed by atoms with E-state index in [2.05, 4.69) is 23.2 Å². The molecule has 0 aliphatic carbocycles. The zero-order valence-corrected chi connectivity index (χ0v) is 9.53. The van der Waals surface area contributed by atoms with E-state index in [0.29, 0.717) is 6.61 Å². The van der Waals surface area contributed by atoms with Gasteiger partial charge < -0.3 is 14.8 Å². The number of benzene rings is 2. The molecule has 0 unspecified atom stereocenters. The number of methoxy groups -OCH3 is 1. The van der Waals surface area contributed by atoms with Crippen molar-refractivity contribution in [3.05, 3.63) is 42.0 Å². The van der Waals surface area contributed by atoms with Crippen LogP contribution in [-0.2, 0) is 11.3 Å². The molecule has 0 spiro atoms. The van der Waals surface area contributed by atoms with E-state index in [4.69, 9.17) is 4.74 Å². The predicted octanol–water partition coefficient (Wildman–Crippen LogP) is 3.17. The van der Waals surface area contributed by atoms with Gasteiger partial charge in [0.1, 0.15) is 5.75 Å². The molecule has 0 aliphatic heterocycles. The highest BCUT2D eigenvalue weighted by atomic mass is 16.5. The molecule has 3 nitrogen and oxygen atoms in total. The third-order valence-electron chi connectivity index (χ3n) is 2.96. The molecule has 0 amide bonds. The molecule has 1 aromatic heterocycles. The van der Waals surface area contributed by atoms with Crippen molar-refractivity contribution in [2.75, 3.05) is 7.11 Å². The minimum atomic E-state index is 0.279. The van der Waals surface area contributed by atoms with Crippen LogP contribution in [0.15, 0.2) is 36.4 Å². The van der Waals surface area contributed by atoms with Gasteiger partial charge in [0, 0.05) is 29.5 Å². The number of fused-ring (bicyclic) bond motifs is 3. The van der Waals surface area contributed by atoms with Gasteiger partial charge in [-0.2, -0.15) is 0 Å². The highest BCUT2D eigenvalue weighted by molar-refractivity contribution is 6.07. The fraction of sp³-hybridized carbons (Fsp3) is 0.143. The molecule has 0 saturated carbocycles. The van der Waals surface area contributed by atoms with Gasteiger partial charge in [-0.25, -0.2) is 0 Å². The summed E-state index contributed by atoms with van der Waals surface area (Å²) in [7, 11) is 1.69. The van der Waals surface area contributed by atoms with Crippen LogP contribution in [0.5, 0.6) is 5.75 Å². The van der Waals surface area contributed by atoms with E-state index in [1.807, 2.05) is 6.07 Å². The minimum absolute atomic E-state index is 0.279. The van der Waals surface area contributed by atoms with Gasteiger partial charge in [0.2, 0.25) is 0 Å². The summed E-state index contributed by atoms with van der Waals surface area (Å²) in [4.78, 5) is 3.30. The van der Waals surface area contributed by atoms with E-state index in [0.717, 1.165) is 22.0 Å².